The maximum absolute atomic E-state index is 12.2. The van der Waals surface area contributed by atoms with Crippen LogP contribution < -0.4 is 5.32 Å². The first kappa shape index (κ1) is 16.7. The molecule has 2 amide bonds. The molecule has 1 aliphatic heterocycles. The summed E-state index contributed by atoms with van der Waals surface area (Å²) < 4.78 is 36.7. The number of alkyl halides is 3. The van der Waals surface area contributed by atoms with Gasteiger partial charge in [-0.2, -0.15) is 13.2 Å². The normalized spacial score (nSPS) is 21.1. The maximum Gasteiger partial charge on any atom is 0.406 e. The molecule has 1 heterocycles. The van der Waals surface area contributed by atoms with E-state index >= 15 is 0 Å². The van der Waals surface area contributed by atoms with Gasteiger partial charge in [-0.3, -0.25) is 9.59 Å². The van der Waals surface area contributed by atoms with Crippen LogP contribution in [0.25, 0.3) is 0 Å². The summed E-state index contributed by atoms with van der Waals surface area (Å²) in [4.78, 5) is 23.8. The molecule has 0 bridgehead atoms. The lowest BCUT2D eigenvalue weighted by atomic mass is 10.1. The van der Waals surface area contributed by atoms with Gasteiger partial charge in [0.25, 0.3) is 0 Å². The Hall–Kier alpha value is -1.31. The van der Waals surface area contributed by atoms with Crippen molar-refractivity contribution >= 4 is 11.8 Å². The van der Waals surface area contributed by atoms with Gasteiger partial charge in [-0.15, -0.1) is 0 Å². The molecule has 20 heavy (non-hydrogen) atoms. The highest BCUT2D eigenvalue weighted by atomic mass is 19.4. The zero-order valence-electron chi connectivity index (χ0n) is 11.2. The Morgan fingerprint density at radius 2 is 2.20 bits per heavy atom. The molecule has 0 radical (unpaired) electrons. The Bertz CT molecular complexity index is 360. The minimum absolute atomic E-state index is 0.0522. The predicted octanol–water partition coefficient (Wildman–Crippen LogP) is 0.674. The van der Waals surface area contributed by atoms with E-state index in [1.54, 1.807) is 0 Å². The largest absolute Gasteiger partial charge is 0.406 e. The van der Waals surface area contributed by atoms with Crippen LogP contribution in [-0.4, -0.2) is 53.7 Å². The average molecular weight is 296 g/mol. The number of nitrogens with one attached hydrogen (secondary N) is 1. The summed E-state index contributed by atoms with van der Waals surface area (Å²) >= 11 is 0. The van der Waals surface area contributed by atoms with Gasteiger partial charge >= 0.3 is 6.18 Å². The molecule has 0 aromatic rings. The summed E-state index contributed by atoms with van der Waals surface area (Å²) in [5.41, 5.74) is 0. The van der Waals surface area contributed by atoms with Crippen molar-refractivity contribution < 1.29 is 27.9 Å². The van der Waals surface area contributed by atoms with E-state index in [4.69, 9.17) is 0 Å². The zero-order valence-corrected chi connectivity index (χ0v) is 11.2. The van der Waals surface area contributed by atoms with Crippen LogP contribution in [0.5, 0.6) is 0 Å². The van der Waals surface area contributed by atoms with Gasteiger partial charge in [0.2, 0.25) is 11.8 Å². The standard InChI is InChI=1S/C12H19F3N2O3/c1-2-3-9(18)5-16-11(20)8-4-10(19)17(6-8)7-12(13,14)15/h8-9,18H,2-7H2,1H3,(H,16,20). The number of hydrogen-bond acceptors (Lipinski definition) is 3. The van der Waals surface area contributed by atoms with E-state index < -0.39 is 36.6 Å². The fourth-order valence-electron chi connectivity index (χ4n) is 2.12. The van der Waals surface area contributed by atoms with Gasteiger partial charge in [-0.25, -0.2) is 0 Å². The van der Waals surface area contributed by atoms with Crippen molar-refractivity contribution in [2.24, 2.45) is 5.92 Å². The number of rotatable bonds is 6. The van der Waals surface area contributed by atoms with Crippen molar-refractivity contribution in [1.29, 1.82) is 0 Å². The van der Waals surface area contributed by atoms with Crippen LogP contribution in [0.2, 0.25) is 0 Å². The van der Waals surface area contributed by atoms with Gasteiger partial charge in [-0.1, -0.05) is 13.3 Å². The van der Waals surface area contributed by atoms with Crippen molar-refractivity contribution in [3.63, 3.8) is 0 Å². The second-order valence-corrected chi connectivity index (χ2v) is 4.98. The summed E-state index contributed by atoms with van der Waals surface area (Å²) in [7, 11) is 0. The SMILES string of the molecule is CCCC(O)CNC(=O)C1CC(=O)N(CC(F)(F)F)C1. The predicted molar refractivity (Wildman–Crippen MR) is 64.7 cm³/mol. The van der Waals surface area contributed by atoms with Gasteiger partial charge in [0.1, 0.15) is 6.54 Å². The Balaban J connectivity index is 2.42. The molecule has 1 fully saturated rings. The first-order valence-electron chi connectivity index (χ1n) is 6.53. The number of halogens is 3. The monoisotopic (exact) mass is 296 g/mol. The molecule has 1 saturated heterocycles. The summed E-state index contributed by atoms with van der Waals surface area (Å²) in [6.07, 6.45) is -4.06. The number of aliphatic hydroxyl groups excluding tert-OH is 1. The molecule has 5 nitrogen and oxygen atoms in total. The summed E-state index contributed by atoms with van der Waals surface area (Å²) in [6.45, 7) is 0.383. The van der Waals surface area contributed by atoms with Crippen molar-refractivity contribution in [1.82, 2.24) is 10.2 Å². The van der Waals surface area contributed by atoms with E-state index in [1.807, 2.05) is 6.92 Å². The number of carbonyl (C=O) groups excluding carboxylic acids is 2. The van der Waals surface area contributed by atoms with E-state index in [1.165, 1.54) is 0 Å². The van der Waals surface area contributed by atoms with Gasteiger partial charge in [0, 0.05) is 19.5 Å². The molecule has 0 aromatic heterocycles. The number of aliphatic hydroxyl groups is 1. The summed E-state index contributed by atoms with van der Waals surface area (Å²) in [5, 5.41) is 11.9. The van der Waals surface area contributed by atoms with Gasteiger partial charge < -0.3 is 15.3 Å². The smallest absolute Gasteiger partial charge is 0.391 e. The lowest BCUT2D eigenvalue weighted by molar-refractivity contribution is -0.157. The van der Waals surface area contributed by atoms with Crippen molar-refractivity contribution in [2.75, 3.05) is 19.6 Å². The van der Waals surface area contributed by atoms with Crippen LogP contribution in [0.1, 0.15) is 26.2 Å². The van der Waals surface area contributed by atoms with E-state index in [0.717, 1.165) is 6.42 Å². The molecule has 116 valence electrons. The third-order valence-electron chi connectivity index (χ3n) is 3.09. The first-order chi connectivity index (χ1) is 9.23. The molecule has 1 rings (SSSR count). The van der Waals surface area contributed by atoms with Gasteiger partial charge in [0.15, 0.2) is 0 Å². The van der Waals surface area contributed by atoms with Crippen LogP contribution in [0.3, 0.4) is 0 Å². The van der Waals surface area contributed by atoms with Crippen LogP contribution in [0.4, 0.5) is 13.2 Å². The molecule has 0 spiro atoms. The Morgan fingerprint density at radius 1 is 1.55 bits per heavy atom. The van der Waals surface area contributed by atoms with Crippen molar-refractivity contribution in [3.8, 4) is 0 Å². The van der Waals surface area contributed by atoms with Gasteiger partial charge in [0.05, 0.1) is 12.0 Å². The number of amides is 2. The van der Waals surface area contributed by atoms with Crippen LogP contribution in [0.15, 0.2) is 0 Å². The fraction of sp³-hybridized carbons (Fsp3) is 0.833. The topological polar surface area (TPSA) is 69.6 Å². The van der Waals surface area contributed by atoms with E-state index in [0.29, 0.717) is 11.3 Å². The maximum atomic E-state index is 12.2. The molecule has 0 aromatic carbocycles. The quantitative estimate of drug-likeness (QED) is 0.757. The van der Waals surface area contributed by atoms with Gasteiger partial charge in [-0.05, 0) is 6.42 Å². The average Bonchev–Trinajstić information content (AvgIpc) is 2.66. The molecular weight excluding hydrogens is 277 g/mol. The zero-order chi connectivity index (χ0) is 15.3. The van der Waals surface area contributed by atoms with Crippen LogP contribution in [0, 0.1) is 5.92 Å². The van der Waals surface area contributed by atoms with E-state index in [2.05, 4.69) is 5.32 Å². The highest BCUT2D eigenvalue weighted by Crippen LogP contribution is 2.23. The molecule has 2 N–H and O–H groups in total. The molecule has 0 aliphatic carbocycles. The molecule has 2 atom stereocenters. The Labute approximate surface area is 115 Å². The third-order valence-corrected chi connectivity index (χ3v) is 3.09. The molecule has 0 saturated carbocycles. The molecule has 8 heteroatoms. The summed E-state index contributed by atoms with van der Waals surface area (Å²) in [5.74, 6) is -1.94. The van der Waals surface area contributed by atoms with E-state index in [-0.39, 0.29) is 19.5 Å². The molecule has 2 unspecified atom stereocenters. The highest BCUT2D eigenvalue weighted by molar-refractivity contribution is 5.89. The van der Waals surface area contributed by atoms with Crippen LogP contribution in [-0.2, 0) is 9.59 Å². The number of hydrogen-bond donors (Lipinski definition) is 2. The number of nitrogens with zero attached hydrogens (tertiary/aromatic N) is 1. The minimum Gasteiger partial charge on any atom is -0.391 e. The second kappa shape index (κ2) is 6.92. The fourth-order valence-corrected chi connectivity index (χ4v) is 2.12. The molecule has 1 aliphatic rings. The Kier molecular flexibility index (Phi) is 5.79. The van der Waals surface area contributed by atoms with Crippen LogP contribution >= 0.6 is 0 Å². The molecular formula is C12H19F3N2O3. The number of carbonyl (C=O) groups is 2. The van der Waals surface area contributed by atoms with Crippen molar-refractivity contribution in [2.45, 2.75) is 38.5 Å². The lowest BCUT2D eigenvalue weighted by Crippen LogP contribution is -2.39. The Morgan fingerprint density at radius 3 is 2.75 bits per heavy atom. The first-order valence-corrected chi connectivity index (χ1v) is 6.53. The van der Waals surface area contributed by atoms with E-state index in [9.17, 15) is 27.9 Å². The number of likely N-dealkylation sites (tertiary alicyclic amines) is 1. The lowest BCUT2D eigenvalue weighted by Gasteiger charge is -2.18. The highest BCUT2D eigenvalue weighted by Gasteiger charge is 2.40. The van der Waals surface area contributed by atoms with Crippen molar-refractivity contribution in [3.05, 3.63) is 0 Å². The minimum atomic E-state index is -4.46. The second-order valence-electron chi connectivity index (χ2n) is 4.98. The summed E-state index contributed by atoms with van der Waals surface area (Å²) in [6, 6.07) is 0. The third kappa shape index (κ3) is 5.36.